The van der Waals surface area contributed by atoms with Crippen molar-refractivity contribution >= 4 is 23.1 Å². The van der Waals surface area contributed by atoms with Crippen LogP contribution in [0.15, 0.2) is 60.2 Å². The van der Waals surface area contributed by atoms with Crippen molar-refractivity contribution in [2.24, 2.45) is 0 Å². The smallest absolute Gasteiger partial charge is 0.319 e. The number of thiophene rings is 1. The van der Waals surface area contributed by atoms with Crippen molar-refractivity contribution in [1.82, 2.24) is 9.88 Å². The third-order valence-corrected chi connectivity index (χ3v) is 4.41. The Labute approximate surface area is 133 Å². The van der Waals surface area contributed by atoms with E-state index in [2.05, 4.69) is 16.7 Å². The molecule has 2 heterocycles. The summed E-state index contributed by atoms with van der Waals surface area (Å²) in [5, 5.41) is 7.78. The van der Waals surface area contributed by atoms with E-state index in [1.807, 2.05) is 65.7 Å². The Morgan fingerprint density at radius 3 is 2.73 bits per heavy atom. The van der Waals surface area contributed by atoms with Gasteiger partial charge in [0.25, 0.3) is 0 Å². The van der Waals surface area contributed by atoms with E-state index in [9.17, 15) is 4.79 Å². The number of carbonyl (C=O) groups excluding carboxylic acids is 1. The van der Waals surface area contributed by atoms with Gasteiger partial charge in [-0.05, 0) is 54.3 Å². The second-order valence-electron chi connectivity index (χ2n) is 4.98. The fourth-order valence-electron chi connectivity index (χ4n) is 2.17. The quantitative estimate of drug-likeness (QED) is 0.746. The Kier molecular flexibility index (Phi) is 4.25. The normalized spacial score (nSPS) is 10.4. The van der Waals surface area contributed by atoms with Crippen molar-refractivity contribution in [3.8, 4) is 5.69 Å². The number of amides is 2. The molecule has 0 unspecified atom stereocenters. The topological polar surface area (TPSA) is 46.1 Å². The number of rotatable bonds is 4. The van der Waals surface area contributed by atoms with E-state index in [4.69, 9.17) is 0 Å². The zero-order valence-corrected chi connectivity index (χ0v) is 13.1. The fourth-order valence-corrected chi connectivity index (χ4v) is 3.02. The van der Waals surface area contributed by atoms with Crippen molar-refractivity contribution in [2.75, 3.05) is 5.32 Å². The zero-order valence-electron chi connectivity index (χ0n) is 12.2. The molecule has 0 saturated heterocycles. The summed E-state index contributed by atoms with van der Waals surface area (Å²) in [5.74, 6) is 0. The van der Waals surface area contributed by atoms with Gasteiger partial charge in [0.05, 0.1) is 6.54 Å². The van der Waals surface area contributed by atoms with Gasteiger partial charge in [0.2, 0.25) is 0 Å². The van der Waals surface area contributed by atoms with Crippen molar-refractivity contribution < 1.29 is 4.79 Å². The van der Waals surface area contributed by atoms with Crippen LogP contribution in [0.3, 0.4) is 0 Å². The highest BCUT2D eigenvalue weighted by atomic mass is 32.1. The van der Waals surface area contributed by atoms with Gasteiger partial charge in [-0.3, -0.25) is 0 Å². The molecular formula is C17H17N3OS. The number of urea groups is 1. The van der Waals surface area contributed by atoms with Crippen LogP contribution in [0.25, 0.3) is 5.69 Å². The molecule has 3 aromatic rings. The third-order valence-electron chi connectivity index (χ3n) is 3.38. The molecule has 0 spiro atoms. The largest absolute Gasteiger partial charge is 0.333 e. The third kappa shape index (κ3) is 3.38. The minimum atomic E-state index is -0.197. The summed E-state index contributed by atoms with van der Waals surface area (Å²) >= 11 is 1.65. The molecule has 0 aliphatic carbocycles. The maximum Gasteiger partial charge on any atom is 0.319 e. The van der Waals surface area contributed by atoms with E-state index in [0.717, 1.165) is 11.4 Å². The molecule has 3 rings (SSSR count). The molecule has 112 valence electrons. The lowest BCUT2D eigenvalue weighted by Crippen LogP contribution is -2.28. The molecule has 0 radical (unpaired) electrons. The number of aromatic nitrogens is 1. The Hall–Kier alpha value is -2.53. The van der Waals surface area contributed by atoms with Crippen LogP contribution in [0.5, 0.6) is 0 Å². The maximum absolute atomic E-state index is 12.0. The Morgan fingerprint density at radius 2 is 2.00 bits per heavy atom. The summed E-state index contributed by atoms with van der Waals surface area (Å²) in [6.45, 7) is 2.60. The summed E-state index contributed by atoms with van der Waals surface area (Å²) in [6.07, 6.45) is 3.94. The molecule has 5 heteroatoms. The first kappa shape index (κ1) is 14.4. The first-order valence-corrected chi connectivity index (χ1v) is 7.91. The Bertz CT molecular complexity index is 762. The highest BCUT2D eigenvalue weighted by Gasteiger charge is 2.05. The van der Waals surface area contributed by atoms with Gasteiger partial charge in [0, 0.05) is 28.6 Å². The summed E-state index contributed by atoms with van der Waals surface area (Å²) in [7, 11) is 0. The monoisotopic (exact) mass is 311 g/mol. The molecule has 22 heavy (non-hydrogen) atoms. The molecule has 1 aromatic carbocycles. The average molecular weight is 311 g/mol. The highest BCUT2D eigenvalue weighted by molar-refractivity contribution is 7.10. The molecule has 0 aliphatic heterocycles. The summed E-state index contributed by atoms with van der Waals surface area (Å²) in [4.78, 5) is 13.2. The van der Waals surface area contributed by atoms with E-state index in [1.54, 1.807) is 11.3 Å². The molecule has 2 amide bonds. The van der Waals surface area contributed by atoms with E-state index in [1.165, 1.54) is 10.4 Å². The van der Waals surface area contributed by atoms with Gasteiger partial charge >= 0.3 is 6.03 Å². The number of aryl methyl sites for hydroxylation is 1. The van der Waals surface area contributed by atoms with Crippen molar-refractivity contribution in [3.05, 3.63) is 70.7 Å². The molecule has 0 atom stereocenters. The summed E-state index contributed by atoms with van der Waals surface area (Å²) < 4.78 is 2.00. The van der Waals surface area contributed by atoms with E-state index in [0.29, 0.717) is 6.54 Å². The van der Waals surface area contributed by atoms with Gasteiger partial charge in [-0.2, -0.15) is 0 Å². The second kappa shape index (κ2) is 6.49. The number of hydrogen-bond donors (Lipinski definition) is 2. The van der Waals surface area contributed by atoms with Gasteiger partial charge in [-0.1, -0.05) is 6.07 Å². The van der Waals surface area contributed by atoms with Crippen LogP contribution in [0.1, 0.15) is 10.4 Å². The molecule has 4 nitrogen and oxygen atoms in total. The van der Waals surface area contributed by atoms with Crippen LogP contribution in [0.4, 0.5) is 10.5 Å². The van der Waals surface area contributed by atoms with Gasteiger partial charge in [0.15, 0.2) is 0 Å². The Balaban J connectivity index is 1.62. The zero-order chi connectivity index (χ0) is 15.4. The molecule has 0 saturated carbocycles. The van der Waals surface area contributed by atoms with Crippen molar-refractivity contribution in [1.29, 1.82) is 0 Å². The molecule has 0 fully saturated rings. The molecular weight excluding hydrogens is 294 g/mol. The predicted molar refractivity (Wildman–Crippen MR) is 90.7 cm³/mol. The lowest BCUT2D eigenvalue weighted by atomic mass is 10.2. The number of hydrogen-bond acceptors (Lipinski definition) is 2. The molecule has 0 aliphatic rings. The first-order chi connectivity index (χ1) is 10.7. The predicted octanol–water partition coefficient (Wildman–Crippen LogP) is 4.17. The van der Waals surface area contributed by atoms with Crippen LogP contribution < -0.4 is 10.6 Å². The minimum absolute atomic E-state index is 0.197. The molecule has 2 aromatic heterocycles. The van der Waals surface area contributed by atoms with E-state index in [-0.39, 0.29) is 6.03 Å². The highest BCUT2D eigenvalue weighted by Crippen LogP contribution is 2.16. The summed E-state index contributed by atoms with van der Waals surface area (Å²) in [5.41, 5.74) is 2.99. The van der Waals surface area contributed by atoms with Crippen LogP contribution in [0.2, 0.25) is 0 Å². The minimum Gasteiger partial charge on any atom is -0.333 e. The van der Waals surface area contributed by atoms with Crippen molar-refractivity contribution in [2.45, 2.75) is 13.5 Å². The van der Waals surface area contributed by atoms with Crippen LogP contribution >= 0.6 is 11.3 Å². The lowest BCUT2D eigenvalue weighted by molar-refractivity contribution is 0.252. The lowest BCUT2D eigenvalue weighted by Gasteiger charge is -2.09. The standard InChI is InChI=1S/C17H17N3OS/c1-13-7-10-22-16(13)12-18-17(21)19-14-5-4-6-15(11-14)20-8-2-3-9-20/h2-11H,12H2,1H3,(H2,18,19,21). The van der Waals surface area contributed by atoms with Crippen molar-refractivity contribution in [3.63, 3.8) is 0 Å². The van der Waals surface area contributed by atoms with Gasteiger partial charge < -0.3 is 15.2 Å². The van der Waals surface area contributed by atoms with Gasteiger partial charge in [-0.25, -0.2) is 4.79 Å². The number of nitrogens with zero attached hydrogens (tertiary/aromatic N) is 1. The van der Waals surface area contributed by atoms with Crippen LogP contribution in [-0.4, -0.2) is 10.6 Å². The second-order valence-corrected chi connectivity index (χ2v) is 5.98. The van der Waals surface area contributed by atoms with E-state index >= 15 is 0 Å². The number of anilines is 1. The number of carbonyl (C=O) groups is 1. The fraction of sp³-hybridized carbons (Fsp3) is 0.118. The summed E-state index contributed by atoms with van der Waals surface area (Å²) in [6, 6.07) is 13.5. The van der Waals surface area contributed by atoms with E-state index < -0.39 is 0 Å². The van der Waals surface area contributed by atoms with Gasteiger partial charge in [0.1, 0.15) is 0 Å². The van der Waals surface area contributed by atoms with Crippen LogP contribution in [-0.2, 0) is 6.54 Å². The SMILES string of the molecule is Cc1ccsc1CNC(=O)Nc1cccc(-n2cccc2)c1. The number of benzene rings is 1. The average Bonchev–Trinajstić information content (AvgIpc) is 3.17. The first-order valence-electron chi connectivity index (χ1n) is 7.03. The Morgan fingerprint density at radius 1 is 1.18 bits per heavy atom. The molecule has 0 bridgehead atoms. The maximum atomic E-state index is 12.0. The molecule has 2 N–H and O–H groups in total. The van der Waals surface area contributed by atoms with Crippen LogP contribution in [0, 0.1) is 6.92 Å². The van der Waals surface area contributed by atoms with Gasteiger partial charge in [-0.15, -0.1) is 11.3 Å². The number of nitrogens with one attached hydrogen (secondary N) is 2.